The first-order valence-corrected chi connectivity index (χ1v) is 6.40. The summed E-state index contributed by atoms with van der Waals surface area (Å²) in [5, 5.41) is 9.14. The van der Waals surface area contributed by atoms with E-state index < -0.39 is 42.0 Å². The third kappa shape index (κ3) is 2.63. The van der Waals surface area contributed by atoms with E-state index in [9.17, 15) is 22.4 Å². The van der Waals surface area contributed by atoms with Gasteiger partial charge in [-0.05, 0) is 25.5 Å². The maximum atomic E-state index is 14.1. The number of carboxylic acids is 1. The average Bonchev–Trinajstić information content (AvgIpc) is 2.77. The van der Waals surface area contributed by atoms with Crippen molar-refractivity contribution < 1.29 is 36.9 Å². The van der Waals surface area contributed by atoms with Gasteiger partial charge in [0.1, 0.15) is 11.6 Å². The van der Waals surface area contributed by atoms with Gasteiger partial charge in [0.05, 0.1) is 7.11 Å². The van der Waals surface area contributed by atoms with Gasteiger partial charge in [-0.15, -0.1) is 0 Å². The molecule has 1 aromatic rings. The summed E-state index contributed by atoms with van der Waals surface area (Å²) < 4.78 is 63.1. The van der Waals surface area contributed by atoms with Crippen LogP contribution in [0.3, 0.4) is 0 Å². The van der Waals surface area contributed by atoms with Crippen LogP contribution in [0.2, 0.25) is 0 Å². The highest BCUT2D eigenvalue weighted by Crippen LogP contribution is 2.51. The normalized spacial score (nSPS) is 28.6. The Morgan fingerprint density at radius 2 is 2.09 bits per heavy atom. The van der Waals surface area contributed by atoms with Gasteiger partial charge in [-0.1, -0.05) is 6.07 Å². The van der Waals surface area contributed by atoms with E-state index >= 15 is 0 Å². The zero-order valence-corrected chi connectivity index (χ0v) is 11.8. The topological polar surface area (TPSA) is 55.8 Å². The molecular formula is C14H14F4O4. The lowest BCUT2D eigenvalue weighted by Crippen LogP contribution is -2.42. The second-order valence-electron chi connectivity index (χ2n) is 5.27. The predicted molar refractivity (Wildman–Crippen MR) is 67.3 cm³/mol. The van der Waals surface area contributed by atoms with Gasteiger partial charge in [0.25, 0.3) is 0 Å². The lowest BCUT2D eigenvalue weighted by atomic mass is 9.86. The molecule has 22 heavy (non-hydrogen) atoms. The van der Waals surface area contributed by atoms with E-state index in [1.807, 2.05) is 0 Å². The minimum absolute atomic E-state index is 0.00808. The quantitative estimate of drug-likeness (QED) is 0.869. The maximum absolute atomic E-state index is 14.1. The van der Waals surface area contributed by atoms with Crippen LogP contribution in [-0.2, 0) is 9.53 Å². The molecule has 122 valence electrons. The molecule has 3 unspecified atom stereocenters. The van der Waals surface area contributed by atoms with Crippen LogP contribution in [0.1, 0.15) is 24.8 Å². The SMILES string of the molecule is COc1cccc(F)c1C1CC(C)(C(F)(F)F)OC1C(=O)O. The van der Waals surface area contributed by atoms with E-state index in [2.05, 4.69) is 0 Å². The molecule has 2 rings (SSSR count). The van der Waals surface area contributed by atoms with E-state index in [-0.39, 0.29) is 11.3 Å². The van der Waals surface area contributed by atoms with Crippen molar-refractivity contribution >= 4 is 5.97 Å². The number of methoxy groups -OCH3 is 1. The van der Waals surface area contributed by atoms with Crippen LogP contribution in [0, 0.1) is 5.82 Å². The van der Waals surface area contributed by atoms with Gasteiger partial charge in [0.15, 0.2) is 11.7 Å². The lowest BCUT2D eigenvalue weighted by Gasteiger charge is -2.26. The summed E-state index contributed by atoms with van der Waals surface area (Å²) >= 11 is 0. The number of halogens is 4. The van der Waals surface area contributed by atoms with Crippen molar-refractivity contribution in [2.24, 2.45) is 0 Å². The van der Waals surface area contributed by atoms with Crippen LogP contribution in [0.15, 0.2) is 18.2 Å². The molecule has 3 atom stereocenters. The van der Waals surface area contributed by atoms with Crippen molar-refractivity contribution in [3.8, 4) is 5.75 Å². The average molecular weight is 322 g/mol. The van der Waals surface area contributed by atoms with E-state index in [0.29, 0.717) is 0 Å². The van der Waals surface area contributed by atoms with Gasteiger partial charge < -0.3 is 14.6 Å². The van der Waals surface area contributed by atoms with Crippen molar-refractivity contribution in [1.29, 1.82) is 0 Å². The molecule has 0 aliphatic carbocycles. The fraction of sp³-hybridized carbons (Fsp3) is 0.500. The Morgan fingerprint density at radius 3 is 2.59 bits per heavy atom. The molecule has 1 aromatic carbocycles. The summed E-state index contributed by atoms with van der Waals surface area (Å²) in [6.45, 7) is 0.760. The number of benzene rings is 1. The van der Waals surface area contributed by atoms with Gasteiger partial charge in [-0.3, -0.25) is 0 Å². The molecule has 0 spiro atoms. The van der Waals surface area contributed by atoms with Crippen molar-refractivity contribution in [2.75, 3.05) is 7.11 Å². The third-order valence-corrected chi connectivity index (χ3v) is 3.81. The van der Waals surface area contributed by atoms with E-state index in [4.69, 9.17) is 14.6 Å². The molecule has 0 amide bonds. The highest BCUT2D eigenvalue weighted by atomic mass is 19.4. The smallest absolute Gasteiger partial charge is 0.417 e. The molecule has 0 aromatic heterocycles. The number of carboxylic acid groups (broad SMARTS) is 1. The number of hydrogen-bond donors (Lipinski definition) is 1. The molecule has 1 saturated heterocycles. The molecule has 4 nitrogen and oxygen atoms in total. The number of carbonyl (C=O) groups is 1. The molecule has 1 fully saturated rings. The molecule has 8 heteroatoms. The van der Waals surface area contributed by atoms with Crippen LogP contribution in [0.25, 0.3) is 0 Å². The van der Waals surface area contributed by atoms with E-state index in [0.717, 1.165) is 13.0 Å². The zero-order valence-electron chi connectivity index (χ0n) is 11.8. The fourth-order valence-corrected chi connectivity index (χ4v) is 2.65. The maximum Gasteiger partial charge on any atom is 0.417 e. The summed E-state index contributed by atoms with van der Waals surface area (Å²) in [6, 6.07) is 3.73. The number of alkyl halides is 3. The van der Waals surface area contributed by atoms with Crippen LogP contribution >= 0.6 is 0 Å². The molecule has 1 aliphatic heterocycles. The van der Waals surface area contributed by atoms with Gasteiger partial charge in [0.2, 0.25) is 0 Å². The molecule has 0 radical (unpaired) electrons. The van der Waals surface area contributed by atoms with Crippen molar-refractivity contribution in [1.82, 2.24) is 0 Å². The summed E-state index contributed by atoms with van der Waals surface area (Å²) in [4.78, 5) is 11.3. The van der Waals surface area contributed by atoms with Crippen molar-refractivity contribution in [2.45, 2.75) is 37.1 Å². The minimum Gasteiger partial charge on any atom is -0.496 e. The molecule has 1 heterocycles. The van der Waals surface area contributed by atoms with Crippen molar-refractivity contribution in [3.63, 3.8) is 0 Å². The highest BCUT2D eigenvalue weighted by molar-refractivity contribution is 5.75. The highest BCUT2D eigenvalue weighted by Gasteiger charge is 2.61. The molecule has 1 aliphatic rings. The lowest BCUT2D eigenvalue weighted by molar-refractivity contribution is -0.263. The summed E-state index contributed by atoms with van der Waals surface area (Å²) in [5.74, 6) is -3.72. The number of hydrogen-bond acceptors (Lipinski definition) is 3. The van der Waals surface area contributed by atoms with E-state index in [1.54, 1.807) is 0 Å². The molecule has 0 bridgehead atoms. The van der Waals surface area contributed by atoms with Crippen LogP contribution in [0.5, 0.6) is 5.75 Å². The first kappa shape index (κ1) is 16.5. The number of ether oxygens (including phenoxy) is 2. The minimum atomic E-state index is -4.77. The third-order valence-electron chi connectivity index (χ3n) is 3.81. The van der Waals surface area contributed by atoms with Gasteiger partial charge in [0, 0.05) is 11.5 Å². The molecule has 1 N–H and O–H groups in total. The Morgan fingerprint density at radius 1 is 1.45 bits per heavy atom. The summed E-state index contributed by atoms with van der Waals surface area (Å²) in [7, 11) is 1.23. The van der Waals surface area contributed by atoms with Crippen molar-refractivity contribution in [3.05, 3.63) is 29.6 Å². The van der Waals surface area contributed by atoms with Crippen LogP contribution in [0.4, 0.5) is 17.6 Å². The first-order chi connectivity index (χ1) is 10.1. The van der Waals surface area contributed by atoms with Crippen LogP contribution < -0.4 is 4.74 Å². The largest absolute Gasteiger partial charge is 0.496 e. The molecule has 0 saturated carbocycles. The summed E-state index contributed by atoms with van der Waals surface area (Å²) in [5.41, 5.74) is -2.88. The monoisotopic (exact) mass is 322 g/mol. The summed E-state index contributed by atoms with van der Waals surface area (Å²) in [6.07, 6.45) is -7.28. The predicted octanol–water partition coefficient (Wildman–Crippen LogP) is 3.11. The Hall–Kier alpha value is -1.83. The second kappa shape index (κ2) is 5.42. The fourth-order valence-electron chi connectivity index (χ4n) is 2.65. The Bertz CT molecular complexity index is 587. The van der Waals surface area contributed by atoms with E-state index in [1.165, 1.54) is 19.2 Å². The van der Waals surface area contributed by atoms with Gasteiger partial charge in [-0.2, -0.15) is 13.2 Å². The number of rotatable bonds is 3. The zero-order chi connectivity index (χ0) is 16.7. The van der Waals surface area contributed by atoms with Crippen LogP contribution in [-0.4, -0.2) is 36.1 Å². The Kier molecular flexibility index (Phi) is 4.08. The Balaban J connectivity index is 2.52. The standard InChI is InChI=1S/C14H14F4O4/c1-13(14(16,17)18)6-7(11(22-13)12(19)20)10-8(15)4-3-5-9(10)21-2/h3-5,7,11H,6H2,1-2H3,(H,19,20). The first-order valence-electron chi connectivity index (χ1n) is 6.40. The van der Waals surface area contributed by atoms with Gasteiger partial charge in [-0.25, -0.2) is 9.18 Å². The Labute approximate surface area is 123 Å². The molecular weight excluding hydrogens is 308 g/mol. The van der Waals surface area contributed by atoms with Gasteiger partial charge >= 0.3 is 12.1 Å². The second-order valence-corrected chi connectivity index (χ2v) is 5.27. The number of aliphatic carboxylic acids is 1.